The van der Waals surface area contributed by atoms with Gasteiger partial charge in [-0.1, -0.05) is 50.2 Å². The number of nitrogens with zero attached hydrogens (tertiary/aromatic N) is 1. The Morgan fingerprint density at radius 1 is 0.957 bits per heavy atom. The summed E-state index contributed by atoms with van der Waals surface area (Å²) in [5.74, 6) is 0. The minimum atomic E-state index is -0.406. The van der Waals surface area contributed by atoms with Crippen molar-refractivity contribution in [3.63, 3.8) is 0 Å². The zero-order valence-electron chi connectivity index (χ0n) is 14.0. The Hall–Kier alpha value is -1.84. The topological polar surface area (TPSA) is 35.5 Å². The lowest BCUT2D eigenvalue weighted by atomic mass is 10.0. The van der Waals surface area contributed by atoms with Gasteiger partial charge in [0.2, 0.25) is 0 Å². The molecule has 23 heavy (non-hydrogen) atoms. The molecule has 0 unspecified atom stereocenters. The van der Waals surface area contributed by atoms with Crippen LogP contribution >= 0.6 is 0 Å². The van der Waals surface area contributed by atoms with Crippen molar-refractivity contribution in [1.82, 2.24) is 5.32 Å². The smallest absolute Gasteiger partial charge is 0.0843 e. The molecule has 1 aliphatic rings. The number of hydrogen-bond acceptors (Lipinski definition) is 3. The molecular weight excluding hydrogens is 284 g/mol. The van der Waals surface area contributed by atoms with Gasteiger partial charge >= 0.3 is 0 Å². The third-order valence-electron chi connectivity index (χ3n) is 4.38. The van der Waals surface area contributed by atoms with Gasteiger partial charge in [0.1, 0.15) is 0 Å². The van der Waals surface area contributed by atoms with Crippen molar-refractivity contribution in [3.05, 3.63) is 59.7 Å². The van der Waals surface area contributed by atoms with E-state index in [1.807, 2.05) is 0 Å². The maximum atomic E-state index is 10.5. The van der Waals surface area contributed by atoms with Crippen molar-refractivity contribution in [1.29, 1.82) is 0 Å². The molecule has 0 radical (unpaired) electrons. The second-order valence-electron chi connectivity index (χ2n) is 6.58. The number of fused-ring (bicyclic) bond motifs is 2. The van der Waals surface area contributed by atoms with Gasteiger partial charge in [0.05, 0.1) is 12.6 Å². The lowest BCUT2D eigenvalue weighted by Crippen LogP contribution is -2.39. The molecule has 2 aromatic carbocycles. The Bertz CT molecular complexity index is 606. The maximum absolute atomic E-state index is 10.5. The number of aliphatic hydroxyl groups excluding tert-OH is 1. The summed E-state index contributed by atoms with van der Waals surface area (Å²) in [4.78, 5) is 2.28. The highest BCUT2D eigenvalue weighted by Crippen LogP contribution is 2.35. The largest absolute Gasteiger partial charge is 0.390 e. The van der Waals surface area contributed by atoms with Crippen LogP contribution < -0.4 is 10.2 Å². The van der Waals surface area contributed by atoms with Gasteiger partial charge in [-0.05, 0) is 36.1 Å². The van der Waals surface area contributed by atoms with Crippen LogP contribution in [-0.2, 0) is 12.8 Å². The normalized spacial score (nSPS) is 15.0. The SMILES string of the molecule is CC(C)NC[C@H](O)CN1c2ccccc2CCc2ccccc21. The van der Waals surface area contributed by atoms with Gasteiger partial charge in [0, 0.05) is 24.0 Å². The van der Waals surface area contributed by atoms with Crippen LogP contribution in [0, 0.1) is 0 Å². The summed E-state index contributed by atoms with van der Waals surface area (Å²) in [7, 11) is 0. The van der Waals surface area contributed by atoms with Crippen molar-refractivity contribution < 1.29 is 5.11 Å². The maximum Gasteiger partial charge on any atom is 0.0843 e. The first kappa shape index (κ1) is 16.0. The van der Waals surface area contributed by atoms with Gasteiger partial charge in [-0.3, -0.25) is 0 Å². The highest BCUT2D eigenvalue weighted by atomic mass is 16.3. The summed E-state index contributed by atoms with van der Waals surface area (Å²) in [6.07, 6.45) is 1.69. The van der Waals surface area contributed by atoms with Crippen LogP contribution in [-0.4, -0.2) is 30.3 Å². The molecule has 0 saturated carbocycles. The number of para-hydroxylation sites is 2. The quantitative estimate of drug-likeness (QED) is 0.889. The molecule has 1 atom stereocenters. The van der Waals surface area contributed by atoms with Gasteiger partial charge in [-0.15, -0.1) is 0 Å². The van der Waals surface area contributed by atoms with E-state index >= 15 is 0 Å². The molecule has 0 aliphatic carbocycles. The molecule has 0 fully saturated rings. The Morgan fingerprint density at radius 2 is 1.48 bits per heavy atom. The second kappa shape index (κ2) is 7.16. The summed E-state index contributed by atoms with van der Waals surface area (Å²) in [6, 6.07) is 17.5. The summed E-state index contributed by atoms with van der Waals surface area (Å²) in [6.45, 7) is 5.42. The number of aliphatic hydroxyl groups is 1. The Morgan fingerprint density at radius 3 is 2.00 bits per heavy atom. The highest BCUT2D eigenvalue weighted by molar-refractivity contribution is 5.71. The molecule has 1 aliphatic heterocycles. The number of hydrogen-bond donors (Lipinski definition) is 2. The number of β-amino-alcohol motifs (C(OH)–C–C–N with tert-alkyl or cyclic N) is 1. The van der Waals surface area contributed by atoms with Crippen molar-refractivity contribution in [3.8, 4) is 0 Å². The van der Waals surface area contributed by atoms with Crippen molar-refractivity contribution >= 4 is 11.4 Å². The summed E-state index contributed by atoms with van der Waals surface area (Å²) < 4.78 is 0. The number of nitrogens with one attached hydrogen (secondary N) is 1. The summed E-state index contributed by atoms with van der Waals surface area (Å²) in [5.41, 5.74) is 5.16. The Kier molecular flexibility index (Phi) is 4.99. The molecule has 0 aromatic heterocycles. The van der Waals surface area contributed by atoms with Gasteiger partial charge < -0.3 is 15.3 Å². The number of aryl methyl sites for hydroxylation is 2. The van der Waals surface area contributed by atoms with E-state index in [-0.39, 0.29) is 0 Å². The van der Waals surface area contributed by atoms with Crippen LogP contribution in [0.2, 0.25) is 0 Å². The van der Waals surface area contributed by atoms with E-state index in [0.717, 1.165) is 12.8 Å². The third-order valence-corrected chi connectivity index (χ3v) is 4.38. The lowest BCUT2D eigenvalue weighted by molar-refractivity contribution is 0.176. The molecule has 0 bridgehead atoms. The monoisotopic (exact) mass is 310 g/mol. The molecule has 122 valence electrons. The van der Waals surface area contributed by atoms with Gasteiger partial charge in [0.15, 0.2) is 0 Å². The van der Waals surface area contributed by atoms with E-state index in [9.17, 15) is 5.11 Å². The molecule has 3 rings (SSSR count). The number of anilines is 2. The molecule has 2 N–H and O–H groups in total. The molecule has 2 aromatic rings. The molecule has 0 saturated heterocycles. The van der Waals surface area contributed by atoms with Crippen molar-refractivity contribution in [2.75, 3.05) is 18.0 Å². The van der Waals surface area contributed by atoms with Crippen molar-refractivity contribution in [2.45, 2.75) is 38.8 Å². The average molecular weight is 310 g/mol. The fourth-order valence-electron chi connectivity index (χ4n) is 3.21. The fraction of sp³-hybridized carbons (Fsp3) is 0.400. The van der Waals surface area contributed by atoms with E-state index in [1.54, 1.807) is 0 Å². The third kappa shape index (κ3) is 3.74. The zero-order chi connectivity index (χ0) is 16.2. The minimum absolute atomic E-state index is 0.383. The molecule has 0 amide bonds. The predicted molar refractivity (Wildman–Crippen MR) is 96.4 cm³/mol. The van der Waals surface area contributed by atoms with Crippen LogP contribution in [0.5, 0.6) is 0 Å². The van der Waals surface area contributed by atoms with E-state index in [2.05, 4.69) is 72.6 Å². The molecule has 3 nitrogen and oxygen atoms in total. The second-order valence-corrected chi connectivity index (χ2v) is 6.58. The molecule has 0 spiro atoms. The van der Waals surface area contributed by atoms with E-state index in [4.69, 9.17) is 0 Å². The Balaban J connectivity index is 1.90. The van der Waals surface area contributed by atoms with Gasteiger partial charge in [0.25, 0.3) is 0 Å². The van der Waals surface area contributed by atoms with Crippen LogP contribution in [0.4, 0.5) is 11.4 Å². The van der Waals surface area contributed by atoms with Gasteiger partial charge in [-0.25, -0.2) is 0 Å². The number of benzene rings is 2. The van der Waals surface area contributed by atoms with Gasteiger partial charge in [-0.2, -0.15) is 0 Å². The molecular formula is C20H26N2O. The van der Waals surface area contributed by atoms with Crippen molar-refractivity contribution in [2.24, 2.45) is 0 Å². The predicted octanol–water partition coefficient (Wildman–Crippen LogP) is 3.28. The standard InChI is InChI=1S/C20H26N2O/c1-15(2)21-13-18(23)14-22-19-9-5-3-7-16(19)11-12-17-8-4-6-10-20(17)22/h3-10,15,18,21,23H,11-14H2,1-2H3/t18-/m0/s1. The van der Waals surface area contributed by atoms with Crippen LogP contribution in [0.25, 0.3) is 0 Å². The number of rotatable bonds is 5. The van der Waals surface area contributed by atoms with Crippen LogP contribution in [0.15, 0.2) is 48.5 Å². The summed E-state index contributed by atoms with van der Waals surface area (Å²) in [5, 5.41) is 13.8. The van der Waals surface area contributed by atoms with E-state index in [1.165, 1.54) is 22.5 Å². The Labute approximate surface area is 139 Å². The van der Waals surface area contributed by atoms with E-state index in [0.29, 0.717) is 19.1 Å². The first-order chi connectivity index (χ1) is 11.1. The fourth-order valence-corrected chi connectivity index (χ4v) is 3.21. The summed E-state index contributed by atoms with van der Waals surface area (Å²) >= 11 is 0. The van der Waals surface area contributed by atoms with Crippen LogP contribution in [0.3, 0.4) is 0 Å². The average Bonchev–Trinajstić information content (AvgIpc) is 2.71. The molecule has 3 heteroatoms. The first-order valence-electron chi connectivity index (χ1n) is 8.50. The minimum Gasteiger partial charge on any atom is -0.390 e. The lowest BCUT2D eigenvalue weighted by Gasteiger charge is -2.29. The first-order valence-corrected chi connectivity index (χ1v) is 8.50. The molecule has 1 heterocycles. The van der Waals surface area contributed by atoms with E-state index < -0.39 is 6.10 Å². The van der Waals surface area contributed by atoms with Crippen LogP contribution in [0.1, 0.15) is 25.0 Å². The highest BCUT2D eigenvalue weighted by Gasteiger charge is 2.22. The zero-order valence-corrected chi connectivity index (χ0v) is 14.0.